The van der Waals surface area contributed by atoms with Crippen LogP contribution in [0.1, 0.15) is 20.8 Å². The summed E-state index contributed by atoms with van der Waals surface area (Å²) >= 11 is 1.17. The highest BCUT2D eigenvalue weighted by Gasteiger charge is 2.49. The molecule has 74 valence electrons. The first-order chi connectivity index (χ1) is 5.79. The van der Waals surface area contributed by atoms with E-state index < -0.39 is 10.3 Å². The monoisotopic (exact) mass is 201 g/mol. The summed E-state index contributed by atoms with van der Waals surface area (Å²) in [7, 11) is 1.65. The van der Waals surface area contributed by atoms with Gasteiger partial charge in [0.25, 0.3) is 5.91 Å². The maximum absolute atomic E-state index is 11.7. The first-order valence-corrected chi connectivity index (χ1v) is 5.01. The largest absolute Gasteiger partial charge is 0.370 e. The smallest absolute Gasteiger partial charge is 0.269 e. The van der Waals surface area contributed by atoms with E-state index in [0.717, 1.165) is 0 Å². The van der Waals surface area contributed by atoms with Crippen LogP contribution in [0.4, 0.5) is 0 Å². The third kappa shape index (κ3) is 1.60. The second kappa shape index (κ2) is 3.03. The minimum absolute atomic E-state index is 0.257. The molecule has 3 nitrogen and oxygen atoms in total. The molecule has 13 heavy (non-hydrogen) atoms. The van der Waals surface area contributed by atoms with Gasteiger partial charge in [-0.25, -0.2) is 0 Å². The Morgan fingerprint density at radius 1 is 1.54 bits per heavy atom. The lowest BCUT2D eigenvalue weighted by atomic mass is 9.87. The molecule has 0 radical (unpaired) electrons. The molecule has 0 spiro atoms. The van der Waals surface area contributed by atoms with Gasteiger partial charge in [0.15, 0.2) is 4.93 Å². The normalized spacial score (nSPS) is 29.6. The van der Waals surface area contributed by atoms with Gasteiger partial charge in [-0.05, 0) is 5.41 Å². The third-order valence-electron chi connectivity index (χ3n) is 2.15. The third-order valence-corrected chi connectivity index (χ3v) is 3.54. The van der Waals surface area contributed by atoms with Gasteiger partial charge in [0.2, 0.25) is 0 Å². The maximum atomic E-state index is 11.7. The molecule has 0 bridgehead atoms. The standard InChI is InChI=1S/C9H15NO2S/c1-8(2,3)9(12)7(11)10(4)5-6-13-9/h5-6,12H,1-4H3. The van der Waals surface area contributed by atoms with Crippen LogP contribution in [0.5, 0.6) is 0 Å². The predicted octanol–water partition coefficient (Wildman–Crippen LogP) is 1.40. The van der Waals surface area contributed by atoms with Crippen molar-refractivity contribution < 1.29 is 9.90 Å². The van der Waals surface area contributed by atoms with E-state index in [1.54, 1.807) is 18.7 Å². The zero-order valence-corrected chi connectivity index (χ0v) is 9.18. The van der Waals surface area contributed by atoms with Gasteiger partial charge in [0.1, 0.15) is 0 Å². The molecular formula is C9H15NO2S. The highest BCUT2D eigenvalue weighted by Crippen LogP contribution is 2.43. The number of rotatable bonds is 0. The molecular weight excluding hydrogens is 186 g/mol. The molecule has 0 aromatic carbocycles. The fraction of sp³-hybridized carbons (Fsp3) is 0.667. The first-order valence-electron chi connectivity index (χ1n) is 4.13. The molecule has 1 amide bonds. The molecule has 1 unspecified atom stereocenters. The minimum atomic E-state index is -1.34. The Morgan fingerprint density at radius 3 is 2.46 bits per heavy atom. The van der Waals surface area contributed by atoms with Crippen molar-refractivity contribution in [2.45, 2.75) is 25.7 Å². The summed E-state index contributed by atoms with van der Waals surface area (Å²) in [6.07, 6.45) is 1.66. The van der Waals surface area contributed by atoms with Crippen LogP contribution in [0.15, 0.2) is 11.6 Å². The Morgan fingerprint density at radius 2 is 2.08 bits per heavy atom. The van der Waals surface area contributed by atoms with Crippen LogP contribution < -0.4 is 0 Å². The zero-order chi connectivity index (χ0) is 10.3. The van der Waals surface area contributed by atoms with E-state index in [4.69, 9.17) is 0 Å². The number of aliphatic hydroxyl groups is 1. The van der Waals surface area contributed by atoms with Crippen molar-refractivity contribution in [3.05, 3.63) is 11.6 Å². The van der Waals surface area contributed by atoms with Crippen molar-refractivity contribution in [2.75, 3.05) is 7.05 Å². The minimum Gasteiger partial charge on any atom is -0.370 e. The first kappa shape index (κ1) is 10.6. The van der Waals surface area contributed by atoms with Gasteiger partial charge >= 0.3 is 0 Å². The second-order valence-corrected chi connectivity index (χ2v) is 5.31. The van der Waals surface area contributed by atoms with Gasteiger partial charge < -0.3 is 10.0 Å². The average molecular weight is 201 g/mol. The van der Waals surface area contributed by atoms with Crippen LogP contribution in [0, 0.1) is 5.41 Å². The number of thioether (sulfide) groups is 1. The predicted molar refractivity (Wildman–Crippen MR) is 53.9 cm³/mol. The molecule has 1 aliphatic rings. The van der Waals surface area contributed by atoms with E-state index in [0.29, 0.717) is 0 Å². The van der Waals surface area contributed by atoms with Crippen LogP contribution in [0.3, 0.4) is 0 Å². The molecule has 1 atom stereocenters. The quantitative estimate of drug-likeness (QED) is 0.644. The van der Waals surface area contributed by atoms with E-state index in [1.807, 2.05) is 20.8 Å². The lowest BCUT2D eigenvalue weighted by Gasteiger charge is -2.40. The summed E-state index contributed by atoms with van der Waals surface area (Å²) in [6.45, 7) is 5.56. The summed E-state index contributed by atoms with van der Waals surface area (Å²) in [5.41, 5.74) is -0.465. The Hall–Kier alpha value is -0.480. The molecule has 1 rings (SSSR count). The Bertz CT molecular complexity index is 257. The molecule has 0 saturated carbocycles. The van der Waals surface area contributed by atoms with Crippen LogP contribution in [-0.2, 0) is 4.79 Å². The number of hydrogen-bond acceptors (Lipinski definition) is 3. The summed E-state index contributed by atoms with van der Waals surface area (Å²) in [6, 6.07) is 0. The van der Waals surface area contributed by atoms with Gasteiger partial charge in [0, 0.05) is 18.7 Å². The van der Waals surface area contributed by atoms with Crippen LogP contribution >= 0.6 is 11.8 Å². The molecule has 1 heterocycles. The summed E-state index contributed by atoms with van der Waals surface area (Å²) in [5.74, 6) is -0.257. The number of carbonyl (C=O) groups excluding carboxylic acids is 1. The second-order valence-electron chi connectivity index (χ2n) is 4.21. The van der Waals surface area contributed by atoms with Crippen molar-refractivity contribution in [3.63, 3.8) is 0 Å². The van der Waals surface area contributed by atoms with E-state index in [9.17, 15) is 9.90 Å². The van der Waals surface area contributed by atoms with E-state index in [2.05, 4.69) is 0 Å². The van der Waals surface area contributed by atoms with E-state index in [1.165, 1.54) is 16.7 Å². The van der Waals surface area contributed by atoms with Crippen LogP contribution in [-0.4, -0.2) is 27.9 Å². The molecule has 0 fully saturated rings. The number of likely N-dealkylation sites (N-methyl/N-ethyl adjacent to an activating group) is 1. The molecule has 0 saturated heterocycles. The highest BCUT2D eigenvalue weighted by atomic mass is 32.2. The number of amides is 1. The summed E-state index contributed by atoms with van der Waals surface area (Å²) in [5, 5.41) is 11.9. The fourth-order valence-corrected chi connectivity index (χ4v) is 2.11. The van der Waals surface area contributed by atoms with Crippen molar-refractivity contribution >= 4 is 17.7 Å². The maximum Gasteiger partial charge on any atom is 0.269 e. The molecule has 1 aliphatic heterocycles. The topological polar surface area (TPSA) is 40.5 Å². The Balaban J connectivity index is 3.05. The average Bonchev–Trinajstić information content (AvgIpc) is 1.98. The number of carbonyl (C=O) groups is 1. The summed E-state index contributed by atoms with van der Waals surface area (Å²) < 4.78 is 0. The fourth-order valence-electron chi connectivity index (χ4n) is 1.07. The van der Waals surface area contributed by atoms with Gasteiger partial charge in [-0.2, -0.15) is 0 Å². The zero-order valence-electron chi connectivity index (χ0n) is 8.37. The number of nitrogens with zero attached hydrogens (tertiary/aromatic N) is 1. The molecule has 1 N–H and O–H groups in total. The van der Waals surface area contributed by atoms with Crippen molar-refractivity contribution in [1.29, 1.82) is 0 Å². The van der Waals surface area contributed by atoms with Crippen LogP contribution in [0.2, 0.25) is 0 Å². The van der Waals surface area contributed by atoms with Crippen molar-refractivity contribution in [3.8, 4) is 0 Å². The van der Waals surface area contributed by atoms with Gasteiger partial charge in [-0.1, -0.05) is 32.5 Å². The Labute approximate surface area is 82.8 Å². The highest BCUT2D eigenvalue weighted by molar-refractivity contribution is 8.04. The van der Waals surface area contributed by atoms with Crippen molar-refractivity contribution in [2.24, 2.45) is 5.41 Å². The lowest BCUT2D eigenvalue weighted by Crippen LogP contribution is -2.53. The molecule has 0 aliphatic carbocycles. The Kier molecular flexibility index (Phi) is 2.47. The lowest BCUT2D eigenvalue weighted by molar-refractivity contribution is -0.146. The molecule has 4 heteroatoms. The van der Waals surface area contributed by atoms with Gasteiger partial charge in [-0.15, -0.1) is 0 Å². The molecule has 0 aromatic rings. The van der Waals surface area contributed by atoms with Crippen LogP contribution in [0.25, 0.3) is 0 Å². The molecule has 0 aromatic heterocycles. The van der Waals surface area contributed by atoms with E-state index >= 15 is 0 Å². The van der Waals surface area contributed by atoms with Gasteiger partial charge in [-0.3, -0.25) is 4.79 Å². The van der Waals surface area contributed by atoms with E-state index in [-0.39, 0.29) is 5.91 Å². The number of hydrogen-bond donors (Lipinski definition) is 1. The van der Waals surface area contributed by atoms with Crippen molar-refractivity contribution in [1.82, 2.24) is 4.90 Å². The SMILES string of the molecule is CN1C=CSC(O)(C(C)(C)C)C1=O. The van der Waals surface area contributed by atoms with Gasteiger partial charge in [0.05, 0.1) is 0 Å². The summed E-state index contributed by atoms with van der Waals surface area (Å²) in [4.78, 5) is 11.8.